The summed E-state index contributed by atoms with van der Waals surface area (Å²) in [5, 5.41) is 7.71. The Morgan fingerprint density at radius 2 is 2.10 bits per heavy atom. The molecule has 0 bridgehead atoms. The third-order valence-electron chi connectivity index (χ3n) is 4.48. The molecule has 1 aromatic heterocycles. The summed E-state index contributed by atoms with van der Waals surface area (Å²) in [6, 6.07) is 1.89. The first-order valence-corrected chi connectivity index (χ1v) is 7.68. The van der Waals surface area contributed by atoms with Crippen LogP contribution in [0.2, 0.25) is 0 Å². The van der Waals surface area contributed by atoms with Crippen molar-refractivity contribution in [2.24, 2.45) is 0 Å². The number of hydrogen-bond donors (Lipinski definition) is 1. The molecule has 0 atom stereocenters. The Morgan fingerprint density at radius 3 is 2.71 bits per heavy atom. The monoisotopic (exact) mass is 292 g/mol. The number of piperidine rings is 1. The van der Waals surface area contributed by atoms with Crippen molar-refractivity contribution in [1.82, 2.24) is 20.0 Å². The number of morpholine rings is 1. The Kier molecular flexibility index (Phi) is 3.75. The molecular weight excluding hydrogens is 268 g/mol. The average Bonchev–Trinajstić information content (AvgIpc) is 3.01. The summed E-state index contributed by atoms with van der Waals surface area (Å²) in [7, 11) is 0. The molecule has 0 saturated carbocycles. The smallest absolute Gasteiger partial charge is 0.250 e. The lowest BCUT2D eigenvalue weighted by Gasteiger charge is -2.44. The number of nitrogens with zero attached hydrogens (tertiary/aromatic N) is 3. The minimum atomic E-state index is -0.540. The van der Waals surface area contributed by atoms with E-state index in [0.717, 1.165) is 25.9 Å². The summed E-state index contributed by atoms with van der Waals surface area (Å²) in [5.74, 6) is 0.184. The van der Waals surface area contributed by atoms with Gasteiger partial charge in [-0.15, -0.1) is 0 Å². The van der Waals surface area contributed by atoms with Crippen molar-refractivity contribution in [3.05, 3.63) is 18.5 Å². The van der Waals surface area contributed by atoms with Gasteiger partial charge >= 0.3 is 0 Å². The van der Waals surface area contributed by atoms with E-state index in [2.05, 4.69) is 10.4 Å². The number of hydrogen-bond acceptors (Lipinski definition) is 4. The molecule has 1 amide bonds. The molecule has 3 heterocycles. The van der Waals surface area contributed by atoms with Crippen LogP contribution in [0.25, 0.3) is 0 Å². The van der Waals surface area contributed by atoms with Crippen molar-refractivity contribution in [3.63, 3.8) is 0 Å². The molecule has 1 aromatic rings. The SMILES string of the molecule is CC1(C)CN(C(=O)C2(n3cccn3)CCNCC2)CCO1. The van der Waals surface area contributed by atoms with Crippen LogP contribution in [0.1, 0.15) is 26.7 Å². The molecule has 0 aliphatic carbocycles. The molecule has 2 aliphatic heterocycles. The summed E-state index contributed by atoms with van der Waals surface area (Å²) in [6.07, 6.45) is 5.23. The topological polar surface area (TPSA) is 59.4 Å². The molecule has 2 saturated heterocycles. The number of nitrogens with one attached hydrogen (secondary N) is 1. The van der Waals surface area contributed by atoms with Gasteiger partial charge in [0.05, 0.1) is 12.2 Å². The zero-order valence-electron chi connectivity index (χ0n) is 12.8. The highest BCUT2D eigenvalue weighted by Gasteiger charge is 2.46. The molecule has 0 radical (unpaired) electrons. The first-order chi connectivity index (χ1) is 10.0. The van der Waals surface area contributed by atoms with Gasteiger partial charge in [0.15, 0.2) is 0 Å². The number of ether oxygens (including phenoxy) is 1. The molecule has 0 unspecified atom stereocenters. The van der Waals surface area contributed by atoms with Gasteiger partial charge in [0.1, 0.15) is 5.54 Å². The Bertz CT molecular complexity index is 492. The van der Waals surface area contributed by atoms with E-state index >= 15 is 0 Å². The second-order valence-corrected chi connectivity index (χ2v) is 6.57. The number of aromatic nitrogens is 2. The van der Waals surface area contributed by atoms with E-state index in [-0.39, 0.29) is 11.5 Å². The maximum atomic E-state index is 13.2. The summed E-state index contributed by atoms with van der Waals surface area (Å²) in [6.45, 7) is 7.68. The lowest BCUT2D eigenvalue weighted by atomic mass is 9.86. The first-order valence-electron chi connectivity index (χ1n) is 7.68. The van der Waals surface area contributed by atoms with E-state index < -0.39 is 5.54 Å². The fourth-order valence-corrected chi connectivity index (χ4v) is 3.39. The largest absolute Gasteiger partial charge is 0.372 e. The molecule has 21 heavy (non-hydrogen) atoms. The van der Waals surface area contributed by atoms with Crippen molar-refractivity contribution in [3.8, 4) is 0 Å². The maximum Gasteiger partial charge on any atom is 0.250 e. The standard InChI is InChI=1S/C15H24N4O2/c1-14(2)12-18(10-11-21-14)13(20)15(4-7-16-8-5-15)19-9-3-6-17-19/h3,6,9,16H,4-5,7-8,10-12H2,1-2H3. The van der Waals surface area contributed by atoms with Crippen LogP contribution in [-0.2, 0) is 15.1 Å². The Morgan fingerprint density at radius 1 is 1.33 bits per heavy atom. The molecule has 3 rings (SSSR count). The number of carbonyl (C=O) groups is 1. The van der Waals surface area contributed by atoms with Crippen molar-refractivity contribution < 1.29 is 9.53 Å². The van der Waals surface area contributed by atoms with Gasteiger partial charge in [-0.1, -0.05) is 0 Å². The fourth-order valence-electron chi connectivity index (χ4n) is 3.39. The van der Waals surface area contributed by atoms with Crippen LogP contribution in [0, 0.1) is 0 Å². The normalized spacial score (nSPS) is 24.8. The molecule has 0 spiro atoms. The summed E-state index contributed by atoms with van der Waals surface area (Å²) < 4.78 is 7.59. The third kappa shape index (κ3) is 2.70. The molecule has 2 aliphatic rings. The Hall–Kier alpha value is -1.40. The number of amides is 1. The van der Waals surface area contributed by atoms with E-state index in [0.29, 0.717) is 19.7 Å². The fraction of sp³-hybridized carbons (Fsp3) is 0.733. The van der Waals surface area contributed by atoms with E-state index in [9.17, 15) is 4.79 Å². The van der Waals surface area contributed by atoms with Gasteiger partial charge in [-0.3, -0.25) is 9.48 Å². The van der Waals surface area contributed by atoms with E-state index in [1.165, 1.54) is 0 Å². The quantitative estimate of drug-likeness (QED) is 0.867. The molecule has 6 nitrogen and oxygen atoms in total. The number of rotatable bonds is 2. The van der Waals surface area contributed by atoms with Gasteiger partial charge in [0, 0.05) is 25.5 Å². The second kappa shape index (κ2) is 5.42. The summed E-state index contributed by atoms with van der Waals surface area (Å²) >= 11 is 0. The number of carbonyl (C=O) groups excluding carboxylic acids is 1. The zero-order chi connectivity index (χ0) is 14.9. The van der Waals surface area contributed by atoms with Crippen molar-refractivity contribution >= 4 is 5.91 Å². The summed E-state index contributed by atoms with van der Waals surface area (Å²) in [4.78, 5) is 15.2. The van der Waals surface area contributed by atoms with E-state index in [1.807, 2.05) is 35.7 Å². The second-order valence-electron chi connectivity index (χ2n) is 6.57. The zero-order valence-corrected chi connectivity index (χ0v) is 12.8. The summed E-state index contributed by atoms with van der Waals surface area (Å²) in [5.41, 5.74) is -0.811. The molecule has 2 fully saturated rings. The van der Waals surface area contributed by atoms with E-state index in [4.69, 9.17) is 4.74 Å². The van der Waals surface area contributed by atoms with Gasteiger partial charge < -0.3 is 15.0 Å². The van der Waals surface area contributed by atoms with Crippen LogP contribution in [0.4, 0.5) is 0 Å². The van der Waals surface area contributed by atoms with Gasteiger partial charge in [-0.05, 0) is 45.8 Å². The van der Waals surface area contributed by atoms with Crippen LogP contribution in [0.15, 0.2) is 18.5 Å². The van der Waals surface area contributed by atoms with Gasteiger partial charge in [0.25, 0.3) is 5.91 Å². The minimum Gasteiger partial charge on any atom is -0.372 e. The lowest BCUT2D eigenvalue weighted by Crippen LogP contribution is -2.60. The minimum absolute atomic E-state index is 0.184. The van der Waals surface area contributed by atoms with Crippen molar-refractivity contribution in [2.45, 2.75) is 37.8 Å². The van der Waals surface area contributed by atoms with Crippen molar-refractivity contribution in [1.29, 1.82) is 0 Å². The highest BCUT2D eigenvalue weighted by Crippen LogP contribution is 2.31. The first kappa shape index (κ1) is 14.5. The van der Waals surface area contributed by atoms with Crippen LogP contribution in [-0.4, -0.2) is 59.0 Å². The highest BCUT2D eigenvalue weighted by molar-refractivity contribution is 5.85. The Balaban J connectivity index is 1.88. The highest BCUT2D eigenvalue weighted by atomic mass is 16.5. The lowest BCUT2D eigenvalue weighted by molar-refractivity contribution is -0.157. The molecular formula is C15H24N4O2. The van der Waals surface area contributed by atoms with Gasteiger partial charge in [-0.25, -0.2) is 0 Å². The molecule has 0 aromatic carbocycles. The maximum absolute atomic E-state index is 13.2. The predicted octanol–water partition coefficient (Wildman–Crippen LogP) is 0.599. The van der Waals surface area contributed by atoms with Crippen LogP contribution < -0.4 is 5.32 Å². The van der Waals surface area contributed by atoms with Crippen LogP contribution >= 0.6 is 0 Å². The Labute approximate surface area is 125 Å². The predicted molar refractivity (Wildman–Crippen MR) is 78.9 cm³/mol. The van der Waals surface area contributed by atoms with Crippen LogP contribution in [0.5, 0.6) is 0 Å². The van der Waals surface area contributed by atoms with Gasteiger partial charge in [-0.2, -0.15) is 5.10 Å². The average molecular weight is 292 g/mol. The molecule has 1 N–H and O–H groups in total. The van der Waals surface area contributed by atoms with Crippen molar-refractivity contribution in [2.75, 3.05) is 32.8 Å². The van der Waals surface area contributed by atoms with E-state index in [1.54, 1.807) is 6.20 Å². The molecule has 6 heteroatoms. The molecule has 116 valence electrons. The van der Waals surface area contributed by atoms with Crippen LogP contribution in [0.3, 0.4) is 0 Å². The third-order valence-corrected chi connectivity index (χ3v) is 4.48. The van der Waals surface area contributed by atoms with Gasteiger partial charge in [0.2, 0.25) is 0 Å².